The first-order chi connectivity index (χ1) is 16.4. The van der Waals surface area contributed by atoms with E-state index in [0.29, 0.717) is 10.7 Å². The van der Waals surface area contributed by atoms with Gasteiger partial charge in [-0.05, 0) is 57.7 Å². The van der Waals surface area contributed by atoms with Gasteiger partial charge in [0.15, 0.2) is 0 Å². The number of carboxylic acids is 1. The number of carbonyl (C=O) groups excluding carboxylic acids is 3. The van der Waals surface area contributed by atoms with E-state index in [9.17, 15) is 24.3 Å². The molecule has 1 aromatic rings. The summed E-state index contributed by atoms with van der Waals surface area (Å²) in [5.41, 5.74) is -1.62. The fourth-order valence-corrected chi connectivity index (χ4v) is 5.33. The van der Waals surface area contributed by atoms with Crippen molar-refractivity contribution in [1.29, 1.82) is 0 Å². The first-order valence-corrected chi connectivity index (χ1v) is 12.4. The van der Waals surface area contributed by atoms with Crippen molar-refractivity contribution in [2.45, 2.75) is 85.0 Å². The third kappa shape index (κ3) is 5.61. The predicted molar refractivity (Wildman–Crippen MR) is 136 cm³/mol. The molecule has 3 rings (SSSR count). The average Bonchev–Trinajstić information content (AvgIpc) is 3.20. The summed E-state index contributed by atoms with van der Waals surface area (Å²) in [6.07, 6.45) is -0.526. The molecule has 0 aromatic heterocycles. The molecular formula is C26H36ClN3O6. The summed E-state index contributed by atoms with van der Waals surface area (Å²) in [6.45, 7) is 12.6. The molecule has 36 heavy (non-hydrogen) atoms. The van der Waals surface area contributed by atoms with Crippen molar-refractivity contribution in [2.24, 2.45) is 10.8 Å². The summed E-state index contributed by atoms with van der Waals surface area (Å²) in [7, 11) is 0. The van der Waals surface area contributed by atoms with E-state index in [4.69, 9.17) is 16.3 Å². The van der Waals surface area contributed by atoms with E-state index in [1.165, 1.54) is 4.90 Å². The number of hydrogen-bond acceptors (Lipinski definition) is 5. The van der Waals surface area contributed by atoms with Crippen LogP contribution >= 0.6 is 11.6 Å². The van der Waals surface area contributed by atoms with Crippen LogP contribution in [0.4, 0.5) is 10.5 Å². The number of carbonyl (C=O) groups is 4. The lowest BCUT2D eigenvalue weighted by Crippen LogP contribution is -2.59. The Labute approximate surface area is 217 Å². The van der Waals surface area contributed by atoms with Crippen LogP contribution in [0.2, 0.25) is 5.02 Å². The second kappa shape index (κ2) is 9.57. The lowest BCUT2D eigenvalue weighted by atomic mass is 9.79. The zero-order valence-electron chi connectivity index (χ0n) is 21.9. The molecule has 2 saturated heterocycles. The van der Waals surface area contributed by atoms with Gasteiger partial charge in [-0.1, -0.05) is 38.4 Å². The Morgan fingerprint density at radius 1 is 1.19 bits per heavy atom. The fourth-order valence-electron chi connectivity index (χ4n) is 5.14. The molecule has 2 N–H and O–H groups in total. The van der Waals surface area contributed by atoms with Crippen LogP contribution in [-0.2, 0) is 19.1 Å². The van der Waals surface area contributed by atoms with Gasteiger partial charge in [0.05, 0.1) is 0 Å². The molecule has 0 bridgehead atoms. The van der Waals surface area contributed by atoms with E-state index in [1.807, 2.05) is 0 Å². The molecule has 1 aromatic carbocycles. The number of rotatable bonds is 4. The molecule has 10 heteroatoms. The van der Waals surface area contributed by atoms with Gasteiger partial charge in [0.2, 0.25) is 11.8 Å². The number of benzene rings is 1. The molecule has 1 spiro atoms. The molecule has 198 valence electrons. The number of nitrogens with one attached hydrogen (secondary N) is 1. The number of carboxylic acid groups (broad SMARTS) is 1. The number of anilines is 1. The number of aliphatic carboxylic acids is 1. The van der Waals surface area contributed by atoms with Gasteiger partial charge in [0.25, 0.3) is 0 Å². The van der Waals surface area contributed by atoms with Crippen LogP contribution in [0.25, 0.3) is 0 Å². The van der Waals surface area contributed by atoms with Crippen LogP contribution in [0.1, 0.15) is 61.3 Å². The van der Waals surface area contributed by atoms with E-state index in [1.54, 1.807) is 77.6 Å². The maximum Gasteiger partial charge on any atom is 0.408 e. The smallest absolute Gasteiger partial charge is 0.408 e. The average molecular weight is 522 g/mol. The van der Waals surface area contributed by atoms with Gasteiger partial charge in [0, 0.05) is 35.1 Å². The van der Waals surface area contributed by atoms with Crippen LogP contribution in [0.5, 0.6) is 0 Å². The van der Waals surface area contributed by atoms with Crippen LogP contribution in [-0.4, -0.2) is 64.2 Å². The zero-order valence-corrected chi connectivity index (χ0v) is 22.7. The van der Waals surface area contributed by atoms with Gasteiger partial charge in [-0.3, -0.25) is 9.59 Å². The van der Waals surface area contributed by atoms with Crippen LogP contribution in [0, 0.1) is 10.8 Å². The number of ether oxygens (including phenoxy) is 1. The van der Waals surface area contributed by atoms with Crippen molar-refractivity contribution in [3.63, 3.8) is 0 Å². The zero-order chi connectivity index (χ0) is 27.2. The molecule has 2 unspecified atom stereocenters. The molecule has 2 fully saturated rings. The fraction of sp³-hybridized carbons (Fsp3) is 0.615. The summed E-state index contributed by atoms with van der Waals surface area (Å²) in [5, 5.41) is 13.2. The lowest BCUT2D eigenvalue weighted by molar-refractivity contribution is -0.151. The van der Waals surface area contributed by atoms with Crippen LogP contribution in [0.15, 0.2) is 24.3 Å². The van der Waals surface area contributed by atoms with Crippen molar-refractivity contribution in [1.82, 2.24) is 10.2 Å². The highest BCUT2D eigenvalue weighted by molar-refractivity contribution is 6.31. The molecule has 4 atom stereocenters. The minimum Gasteiger partial charge on any atom is -0.480 e. The Hall–Kier alpha value is -2.81. The topological polar surface area (TPSA) is 116 Å². The van der Waals surface area contributed by atoms with E-state index in [0.717, 1.165) is 0 Å². The maximum atomic E-state index is 13.9. The standard InChI is InChI=1S/C26H36ClN3O6/c1-15-26(13-19(31)29(14-26)17-10-8-9-16(27)11-17)12-18(22(33)34)30(15)21(32)20(24(2,3)4)28-23(35)36-25(5,6)7/h8-11,15,18,20H,12-14H2,1-7H3,(H,28,35)(H,33,34)/t15?,18-,20?,26-/m0/s1. The van der Waals surface area contributed by atoms with Crippen LogP contribution < -0.4 is 10.2 Å². The molecular weight excluding hydrogens is 486 g/mol. The molecule has 3 amide bonds. The normalized spacial score (nSPS) is 25.3. The van der Waals surface area contributed by atoms with Gasteiger partial charge < -0.3 is 25.0 Å². The van der Waals surface area contributed by atoms with Gasteiger partial charge in [-0.2, -0.15) is 0 Å². The molecule has 0 aliphatic carbocycles. The second-order valence-corrected chi connectivity index (χ2v) is 12.4. The largest absolute Gasteiger partial charge is 0.480 e. The van der Waals surface area contributed by atoms with Crippen molar-refractivity contribution >= 4 is 41.2 Å². The molecule has 0 saturated carbocycles. The van der Waals surface area contributed by atoms with Gasteiger partial charge in [0.1, 0.15) is 17.7 Å². The highest BCUT2D eigenvalue weighted by Crippen LogP contribution is 2.49. The maximum absolute atomic E-state index is 13.9. The van der Waals surface area contributed by atoms with Crippen molar-refractivity contribution < 1.29 is 29.0 Å². The lowest BCUT2D eigenvalue weighted by Gasteiger charge is -2.38. The van der Waals surface area contributed by atoms with E-state index >= 15 is 0 Å². The summed E-state index contributed by atoms with van der Waals surface area (Å²) in [5.74, 6) is -1.81. The third-order valence-electron chi connectivity index (χ3n) is 6.95. The Balaban J connectivity index is 1.93. The first-order valence-electron chi connectivity index (χ1n) is 12.1. The molecule has 0 radical (unpaired) electrons. The Bertz CT molecular complexity index is 1060. The van der Waals surface area contributed by atoms with Crippen LogP contribution in [0.3, 0.4) is 0 Å². The molecule has 2 heterocycles. The summed E-state index contributed by atoms with van der Waals surface area (Å²) in [6, 6.07) is 4.20. The first kappa shape index (κ1) is 27.8. The summed E-state index contributed by atoms with van der Waals surface area (Å²) < 4.78 is 5.36. The minimum atomic E-state index is -1.15. The summed E-state index contributed by atoms with van der Waals surface area (Å²) >= 11 is 6.13. The number of hydrogen-bond donors (Lipinski definition) is 2. The molecule has 2 aliphatic rings. The van der Waals surface area contributed by atoms with Gasteiger partial charge in [-0.25, -0.2) is 9.59 Å². The number of likely N-dealkylation sites (tertiary alicyclic amines) is 1. The molecule has 2 aliphatic heterocycles. The highest BCUT2D eigenvalue weighted by Gasteiger charge is 2.60. The SMILES string of the molecule is CC1N(C(=O)C(NC(=O)OC(C)(C)C)C(C)(C)C)[C@H](C(=O)O)C[C@@]12CC(=O)N(c1cccc(Cl)c1)C2. The van der Waals surface area contributed by atoms with Crippen molar-refractivity contribution in [3.8, 4) is 0 Å². The third-order valence-corrected chi connectivity index (χ3v) is 7.19. The van der Waals surface area contributed by atoms with E-state index in [-0.39, 0.29) is 25.3 Å². The van der Waals surface area contributed by atoms with Gasteiger partial charge >= 0.3 is 12.1 Å². The van der Waals surface area contributed by atoms with Crippen molar-refractivity contribution in [3.05, 3.63) is 29.3 Å². The van der Waals surface area contributed by atoms with Gasteiger partial charge in [-0.15, -0.1) is 0 Å². The predicted octanol–water partition coefficient (Wildman–Crippen LogP) is 4.08. The summed E-state index contributed by atoms with van der Waals surface area (Å²) in [4.78, 5) is 54.8. The number of halogens is 1. The second-order valence-electron chi connectivity index (χ2n) is 11.9. The number of amides is 3. The minimum absolute atomic E-state index is 0.105. The van der Waals surface area contributed by atoms with Crippen molar-refractivity contribution in [2.75, 3.05) is 11.4 Å². The Morgan fingerprint density at radius 2 is 1.83 bits per heavy atom. The highest BCUT2D eigenvalue weighted by atomic mass is 35.5. The Kier molecular flexibility index (Phi) is 7.39. The number of alkyl carbamates (subject to hydrolysis) is 1. The monoisotopic (exact) mass is 521 g/mol. The quantitative estimate of drug-likeness (QED) is 0.616. The number of nitrogens with zero attached hydrogens (tertiary/aromatic N) is 2. The van der Waals surface area contributed by atoms with E-state index < -0.39 is 52.5 Å². The molecule has 9 nitrogen and oxygen atoms in total. The van der Waals surface area contributed by atoms with E-state index in [2.05, 4.69) is 5.32 Å². The Morgan fingerprint density at radius 3 is 2.36 bits per heavy atom.